The smallest absolute Gasteiger partial charge is 0.223 e. The van der Waals surface area contributed by atoms with Gasteiger partial charge in [-0.1, -0.05) is 32.4 Å². The summed E-state index contributed by atoms with van der Waals surface area (Å²) in [6.07, 6.45) is 3.88. The predicted octanol–water partition coefficient (Wildman–Crippen LogP) is 2.98. The highest BCUT2D eigenvalue weighted by Crippen LogP contribution is 2.33. The fraction of sp³-hybridized carbons (Fsp3) is 0.588. The van der Waals surface area contributed by atoms with E-state index in [4.69, 9.17) is 10.5 Å². The van der Waals surface area contributed by atoms with Gasteiger partial charge in [0, 0.05) is 6.04 Å². The minimum absolute atomic E-state index is 0.0677. The summed E-state index contributed by atoms with van der Waals surface area (Å²) in [4.78, 5) is 12.0. The van der Waals surface area contributed by atoms with Crippen molar-refractivity contribution >= 4 is 11.6 Å². The summed E-state index contributed by atoms with van der Waals surface area (Å²) in [5.74, 6) is 2.03. The van der Waals surface area contributed by atoms with Crippen molar-refractivity contribution in [2.24, 2.45) is 11.8 Å². The number of benzene rings is 1. The Hall–Kier alpha value is -1.71. The maximum absolute atomic E-state index is 12.0. The Morgan fingerprint density at radius 1 is 1.38 bits per heavy atom. The summed E-state index contributed by atoms with van der Waals surface area (Å²) in [7, 11) is 0. The molecule has 1 saturated carbocycles. The lowest BCUT2D eigenvalue weighted by atomic mass is 9.93. The van der Waals surface area contributed by atoms with Crippen LogP contribution in [0, 0.1) is 11.8 Å². The van der Waals surface area contributed by atoms with Crippen LogP contribution in [0.25, 0.3) is 0 Å². The highest BCUT2D eigenvalue weighted by Gasteiger charge is 2.32. The van der Waals surface area contributed by atoms with Gasteiger partial charge >= 0.3 is 0 Å². The molecule has 1 aromatic carbocycles. The zero-order valence-electron chi connectivity index (χ0n) is 13.0. The molecule has 3 atom stereocenters. The van der Waals surface area contributed by atoms with Crippen molar-refractivity contribution in [1.29, 1.82) is 0 Å². The molecule has 1 aliphatic carbocycles. The van der Waals surface area contributed by atoms with E-state index in [-0.39, 0.29) is 5.91 Å². The number of ether oxygens (including phenoxy) is 1. The van der Waals surface area contributed by atoms with E-state index >= 15 is 0 Å². The van der Waals surface area contributed by atoms with Gasteiger partial charge in [0.25, 0.3) is 0 Å². The standard InChI is InChI=1S/C17H26N2O2/c1-3-13-8-9-15(12(13)2)19-17(20)10-11-21-16-7-5-4-6-14(16)18/h4-7,12-13,15H,3,8-11,18H2,1-2H3,(H,19,20). The van der Waals surface area contributed by atoms with Crippen LogP contribution in [0.4, 0.5) is 5.69 Å². The first-order valence-electron chi connectivity index (χ1n) is 7.88. The second-order valence-corrected chi connectivity index (χ2v) is 5.92. The summed E-state index contributed by atoms with van der Waals surface area (Å²) in [6, 6.07) is 7.67. The molecule has 3 N–H and O–H groups in total. The van der Waals surface area contributed by atoms with E-state index < -0.39 is 0 Å². The van der Waals surface area contributed by atoms with Crippen LogP contribution < -0.4 is 15.8 Å². The molecule has 0 bridgehead atoms. The van der Waals surface area contributed by atoms with Gasteiger partial charge in [-0.3, -0.25) is 4.79 Å². The van der Waals surface area contributed by atoms with Crippen molar-refractivity contribution < 1.29 is 9.53 Å². The topological polar surface area (TPSA) is 64.3 Å². The SMILES string of the molecule is CCC1CCC(NC(=O)CCOc2ccccc2N)C1C. The number of carbonyl (C=O) groups is 1. The maximum Gasteiger partial charge on any atom is 0.223 e. The number of hydrogen-bond donors (Lipinski definition) is 2. The highest BCUT2D eigenvalue weighted by atomic mass is 16.5. The largest absolute Gasteiger partial charge is 0.491 e. The molecule has 1 aromatic rings. The van der Waals surface area contributed by atoms with Crippen molar-refractivity contribution in [3.8, 4) is 5.75 Å². The molecule has 0 heterocycles. The number of para-hydroxylation sites is 2. The average molecular weight is 290 g/mol. The van der Waals surface area contributed by atoms with Crippen LogP contribution in [0.15, 0.2) is 24.3 Å². The second-order valence-electron chi connectivity index (χ2n) is 5.92. The van der Waals surface area contributed by atoms with Gasteiger partial charge in [0.2, 0.25) is 5.91 Å². The van der Waals surface area contributed by atoms with Gasteiger partial charge in [-0.05, 0) is 36.8 Å². The molecule has 2 rings (SSSR count). The molecule has 0 aliphatic heterocycles. The zero-order chi connectivity index (χ0) is 15.2. The lowest BCUT2D eigenvalue weighted by Gasteiger charge is -2.21. The predicted molar refractivity (Wildman–Crippen MR) is 85.1 cm³/mol. The Kier molecular flexibility index (Phi) is 5.48. The van der Waals surface area contributed by atoms with Gasteiger partial charge in [0.05, 0.1) is 18.7 Å². The number of anilines is 1. The number of nitrogens with one attached hydrogen (secondary N) is 1. The number of hydrogen-bond acceptors (Lipinski definition) is 3. The van der Waals surface area contributed by atoms with E-state index in [9.17, 15) is 4.79 Å². The first kappa shape index (κ1) is 15.7. The molecule has 0 radical (unpaired) electrons. The van der Waals surface area contributed by atoms with E-state index in [1.165, 1.54) is 12.8 Å². The van der Waals surface area contributed by atoms with E-state index in [0.29, 0.717) is 36.4 Å². The average Bonchev–Trinajstić information content (AvgIpc) is 2.81. The van der Waals surface area contributed by atoms with Crippen molar-refractivity contribution in [1.82, 2.24) is 5.32 Å². The molecule has 1 fully saturated rings. The molecule has 0 aromatic heterocycles. The van der Waals surface area contributed by atoms with E-state index in [1.54, 1.807) is 6.07 Å². The minimum atomic E-state index is 0.0677. The second kappa shape index (κ2) is 7.34. The fourth-order valence-corrected chi connectivity index (χ4v) is 3.17. The van der Waals surface area contributed by atoms with Crippen molar-refractivity contribution in [2.45, 2.75) is 45.6 Å². The third-order valence-corrected chi connectivity index (χ3v) is 4.60. The lowest BCUT2D eigenvalue weighted by molar-refractivity contribution is -0.122. The number of nitrogens with two attached hydrogens (primary N) is 1. The number of carbonyl (C=O) groups excluding carboxylic acids is 1. The minimum Gasteiger partial charge on any atom is -0.491 e. The fourth-order valence-electron chi connectivity index (χ4n) is 3.17. The number of amides is 1. The van der Waals surface area contributed by atoms with Gasteiger partial charge in [-0.15, -0.1) is 0 Å². The van der Waals surface area contributed by atoms with Crippen LogP contribution in [0.1, 0.15) is 39.5 Å². The molecule has 3 unspecified atom stereocenters. The molecule has 4 nitrogen and oxygen atoms in total. The Morgan fingerprint density at radius 2 is 2.14 bits per heavy atom. The normalized spacial score (nSPS) is 24.8. The third kappa shape index (κ3) is 4.13. The maximum atomic E-state index is 12.0. The summed E-state index contributed by atoms with van der Waals surface area (Å²) in [5.41, 5.74) is 6.40. The van der Waals surface area contributed by atoms with Crippen LogP contribution in [0.2, 0.25) is 0 Å². The Bertz CT molecular complexity index is 476. The van der Waals surface area contributed by atoms with Gasteiger partial charge in [0.15, 0.2) is 0 Å². The quantitative estimate of drug-likeness (QED) is 0.792. The van der Waals surface area contributed by atoms with E-state index in [2.05, 4.69) is 19.2 Å². The molecule has 116 valence electrons. The molecule has 0 saturated heterocycles. The molecule has 4 heteroatoms. The molecule has 21 heavy (non-hydrogen) atoms. The van der Waals surface area contributed by atoms with Gasteiger partial charge in [-0.2, -0.15) is 0 Å². The Balaban J connectivity index is 1.72. The van der Waals surface area contributed by atoms with Crippen molar-refractivity contribution in [2.75, 3.05) is 12.3 Å². The summed E-state index contributed by atoms with van der Waals surface area (Å²) in [6.45, 7) is 4.83. The molecule has 1 aliphatic rings. The van der Waals surface area contributed by atoms with Crippen LogP contribution >= 0.6 is 0 Å². The summed E-state index contributed by atoms with van der Waals surface area (Å²) >= 11 is 0. The first-order chi connectivity index (χ1) is 10.1. The van der Waals surface area contributed by atoms with E-state index in [1.807, 2.05) is 18.2 Å². The van der Waals surface area contributed by atoms with Crippen molar-refractivity contribution in [3.05, 3.63) is 24.3 Å². The van der Waals surface area contributed by atoms with Crippen molar-refractivity contribution in [3.63, 3.8) is 0 Å². The Morgan fingerprint density at radius 3 is 2.81 bits per heavy atom. The lowest BCUT2D eigenvalue weighted by Crippen LogP contribution is -2.38. The number of rotatable bonds is 6. The first-order valence-corrected chi connectivity index (χ1v) is 7.88. The summed E-state index contributed by atoms with van der Waals surface area (Å²) in [5, 5.41) is 3.14. The molecule has 1 amide bonds. The molecular weight excluding hydrogens is 264 g/mol. The van der Waals surface area contributed by atoms with Gasteiger partial charge in [0.1, 0.15) is 5.75 Å². The van der Waals surface area contributed by atoms with Crippen LogP contribution in [0.3, 0.4) is 0 Å². The monoisotopic (exact) mass is 290 g/mol. The van der Waals surface area contributed by atoms with Crippen LogP contribution in [0.5, 0.6) is 5.75 Å². The van der Waals surface area contributed by atoms with E-state index in [0.717, 1.165) is 12.3 Å². The van der Waals surface area contributed by atoms with Gasteiger partial charge in [-0.25, -0.2) is 0 Å². The highest BCUT2D eigenvalue weighted by molar-refractivity contribution is 5.76. The molecular formula is C17H26N2O2. The summed E-state index contributed by atoms with van der Waals surface area (Å²) < 4.78 is 5.56. The Labute approximate surface area is 127 Å². The third-order valence-electron chi connectivity index (χ3n) is 4.60. The number of nitrogen functional groups attached to an aromatic ring is 1. The molecule has 0 spiro atoms. The van der Waals surface area contributed by atoms with Gasteiger partial charge < -0.3 is 15.8 Å². The zero-order valence-corrected chi connectivity index (χ0v) is 13.0. The van der Waals surface area contributed by atoms with Crippen LogP contribution in [-0.4, -0.2) is 18.6 Å². The van der Waals surface area contributed by atoms with Crippen LogP contribution in [-0.2, 0) is 4.79 Å².